The molecule has 0 saturated carbocycles. The smallest absolute Gasteiger partial charge is 0.221 e. The van der Waals surface area contributed by atoms with Crippen LogP contribution in [0, 0.1) is 0 Å². The first kappa shape index (κ1) is 15.0. The number of halogens is 1. The average Bonchev–Trinajstić information content (AvgIpc) is 2.36. The molecule has 0 heterocycles. The highest BCUT2D eigenvalue weighted by Crippen LogP contribution is 2.16. The van der Waals surface area contributed by atoms with Gasteiger partial charge in [-0.3, -0.25) is 4.79 Å². The average molecular weight is 269 g/mol. The summed E-state index contributed by atoms with van der Waals surface area (Å²) >= 11 is 5.94. The summed E-state index contributed by atoms with van der Waals surface area (Å²) in [6.45, 7) is 5.53. The molecular formula is C14H21ClN2O. The Balaban J connectivity index is 2.29. The van der Waals surface area contributed by atoms with Crippen LogP contribution in [0.4, 0.5) is 0 Å². The molecule has 1 aromatic carbocycles. The molecule has 0 aromatic heterocycles. The summed E-state index contributed by atoms with van der Waals surface area (Å²) in [5.41, 5.74) is 1.14. The zero-order chi connectivity index (χ0) is 13.4. The van der Waals surface area contributed by atoms with Crippen molar-refractivity contribution in [1.82, 2.24) is 10.6 Å². The number of carbonyl (C=O) groups excluding carboxylic acids is 1. The fourth-order valence-electron chi connectivity index (χ4n) is 1.65. The summed E-state index contributed by atoms with van der Waals surface area (Å²) in [6.07, 6.45) is 1.48. The molecule has 1 amide bonds. The van der Waals surface area contributed by atoms with E-state index in [1.807, 2.05) is 31.2 Å². The van der Waals surface area contributed by atoms with Crippen LogP contribution in [-0.2, 0) is 4.79 Å². The Morgan fingerprint density at radius 2 is 2.17 bits per heavy atom. The third kappa shape index (κ3) is 5.52. The molecule has 1 atom stereocenters. The van der Waals surface area contributed by atoms with Crippen LogP contribution in [0.25, 0.3) is 0 Å². The third-order valence-corrected chi connectivity index (χ3v) is 2.96. The van der Waals surface area contributed by atoms with Crippen molar-refractivity contribution in [3.63, 3.8) is 0 Å². The number of carbonyl (C=O) groups is 1. The van der Waals surface area contributed by atoms with Crippen LogP contribution in [0.15, 0.2) is 24.3 Å². The van der Waals surface area contributed by atoms with E-state index in [-0.39, 0.29) is 11.9 Å². The number of rotatable bonds is 7. The maximum absolute atomic E-state index is 11.4. The Morgan fingerprint density at radius 1 is 1.39 bits per heavy atom. The molecule has 0 bridgehead atoms. The van der Waals surface area contributed by atoms with Gasteiger partial charge in [-0.1, -0.05) is 30.7 Å². The van der Waals surface area contributed by atoms with Gasteiger partial charge in [0.15, 0.2) is 0 Å². The first-order valence-corrected chi connectivity index (χ1v) is 6.76. The van der Waals surface area contributed by atoms with Gasteiger partial charge in [0.2, 0.25) is 5.91 Å². The first-order valence-electron chi connectivity index (χ1n) is 6.39. The highest BCUT2D eigenvalue weighted by Gasteiger charge is 2.06. The van der Waals surface area contributed by atoms with E-state index in [2.05, 4.69) is 17.6 Å². The SMILES string of the molecule is CCCNC(=O)CCNC(C)c1cccc(Cl)c1. The largest absolute Gasteiger partial charge is 0.356 e. The van der Waals surface area contributed by atoms with E-state index >= 15 is 0 Å². The standard InChI is InChI=1S/C14H21ClN2O/c1-3-8-17-14(18)7-9-16-11(2)12-5-4-6-13(15)10-12/h4-6,10-11,16H,3,7-9H2,1-2H3,(H,17,18). The summed E-state index contributed by atoms with van der Waals surface area (Å²) < 4.78 is 0. The van der Waals surface area contributed by atoms with Gasteiger partial charge in [-0.25, -0.2) is 0 Å². The Labute approximate surface area is 114 Å². The van der Waals surface area contributed by atoms with Crippen molar-refractivity contribution in [1.29, 1.82) is 0 Å². The van der Waals surface area contributed by atoms with Gasteiger partial charge in [0.1, 0.15) is 0 Å². The number of hydrogen-bond donors (Lipinski definition) is 2. The molecule has 2 N–H and O–H groups in total. The van der Waals surface area contributed by atoms with Crippen molar-refractivity contribution in [2.75, 3.05) is 13.1 Å². The molecule has 0 saturated heterocycles. The summed E-state index contributed by atoms with van der Waals surface area (Å²) in [7, 11) is 0. The van der Waals surface area contributed by atoms with E-state index in [9.17, 15) is 4.79 Å². The van der Waals surface area contributed by atoms with Crippen LogP contribution in [0.5, 0.6) is 0 Å². The van der Waals surface area contributed by atoms with E-state index in [1.54, 1.807) is 0 Å². The van der Waals surface area contributed by atoms with Crippen molar-refractivity contribution in [3.05, 3.63) is 34.9 Å². The van der Waals surface area contributed by atoms with Crippen LogP contribution in [0.1, 0.15) is 38.3 Å². The first-order chi connectivity index (χ1) is 8.63. The van der Waals surface area contributed by atoms with Crippen LogP contribution in [0.2, 0.25) is 5.02 Å². The fraction of sp³-hybridized carbons (Fsp3) is 0.500. The van der Waals surface area contributed by atoms with Crippen molar-refractivity contribution in [3.8, 4) is 0 Å². The van der Waals surface area contributed by atoms with Gasteiger partial charge < -0.3 is 10.6 Å². The molecule has 0 aliphatic heterocycles. The molecule has 100 valence electrons. The number of benzene rings is 1. The molecule has 4 heteroatoms. The van der Waals surface area contributed by atoms with Gasteiger partial charge in [-0.2, -0.15) is 0 Å². The molecule has 18 heavy (non-hydrogen) atoms. The van der Waals surface area contributed by atoms with E-state index in [0.717, 1.165) is 23.6 Å². The lowest BCUT2D eigenvalue weighted by atomic mass is 10.1. The maximum Gasteiger partial charge on any atom is 0.221 e. The Morgan fingerprint density at radius 3 is 2.83 bits per heavy atom. The van der Waals surface area contributed by atoms with Crippen molar-refractivity contribution >= 4 is 17.5 Å². The zero-order valence-electron chi connectivity index (χ0n) is 11.0. The lowest BCUT2D eigenvalue weighted by Crippen LogP contribution is -2.29. The molecular weight excluding hydrogens is 248 g/mol. The minimum absolute atomic E-state index is 0.0997. The summed E-state index contributed by atoms with van der Waals surface area (Å²) in [5, 5.41) is 6.91. The maximum atomic E-state index is 11.4. The van der Waals surface area contributed by atoms with Crippen LogP contribution >= 0.6 is 11.6 Å². The molecule has 3 nitrogen and oxygen atoms in total. The highest BCUT2D eigenvalue weighted by atomic mass is 35.5. The van der Waals surface area contributed by atoms with Crippen LogP contribution in [0.3, 0.4) is 0 Å². The normalized spacial score (nSPS) is 12.2. The van der Waals surface area contributed by atoms with Gasteiger partial charge in [-0.05, 0) is 31.0 Å². The van der Waals surface area contributed by atoms with Gasteiger partial charge in [-0.15, -0.1) is 0 Å². The fourth-order valence-corrected chi connectivity index (χ4v) is 1.85. The zero-order valence-corrected chi connectivity index (χ0v) is 11.8. The molecule has 1 aromatic rings. The van der Waals surface area contributed by atoms with E-state index in [0.29, 0.717) is 13.0 Å². The Bertz CT molecular complexity index is 382. The number of amides is 1. The second kappa shape index (κ2) is 8.11. The van der Waals surface area contributed by atoms with Crippen molar-refractivity contribution in [2.45, 2.75) is 32.7 Å². The predicted molar refractivity (Wildman–Crippen MR) is 75.8 cm³/mol. The molecule has 0 fully saturated rings. The third-order valence-electron chi connectivity index (χ3n) is 2.72. The van der Waals surface area contributed by atoms with Gasteiger partial charge in [0.05, 0.1) is 0 Å². The molecule has 0 spiro atoms. The van der Waals surface area contributed by atoms with E-state index in [4.69, 9.17) is 11.6 Å². The molecule has 1 rings (SSSR count). The lowest BCUT2D eigenvalue weighted by Gasteiger charge is -2.14. The summed E-state index contributed by atoms with van der Waals surface area (Å²) in [4.78, 5) is 11.4. The second-order valence-corrected chi connectivity index (χ2v) is 4.77. The van der Waals surface area contributed by atoms with Crippen molar-refractivity contribution < 1.29 is 4.79 Å². The number of hydrogen-bond acceptors (Lipinski definition) is 2. The minimum Gasteiger partial charge on any atom is -0.356 e. The lowest BCUT2D eigenvalue weighted by molar-refractivity contribution is -0.121. The topological polar surface area (TPSA) is 41.1 Å². The molecule has 0 aliphatic rings. The van der Waals surface area contributed by atoms with Gasteiger partial charge in [0.25, 0.3) is 0 Å². The molecule has 0 aliphatic carbocycles. The second-order valence-electron chi connectivity index (χ2n) is 4.33. The molecule has 0 radical (unpaired) electrons. The number of nitrogens with one attached hydrogen (secondary N) is 2. The van der Waals surface area contributed by atoms with E-state index < -0.39 is 0 Å². The highest BCUT2D eigenvalue weighted by molar-refractivity contribution is 6.30. The van der Waals surface area contributed by atoms with Gasteiger partial charge in [0, 0.05) is 30.6 Å². The van der Waals surface area contributed by atoms with E-state index in [1.165, 1.54) is 0 Å². The van der Waals surface area contributed by atoms with Gasteiger partial charge >= 0.3 is 0 Å². The van der Waals surface area contributed by atoms with Crippen LogP contribution < -0.4 is 10.6 Å². The Hall–Kier alpha value is -1.06. The predicted octanol–water partition coefficient (Wildman–Crippen LogP) is 2.91. The minimum atomic E-state index is 0.0997. The summed E-state index contributed by atoms with van der Waals surface area (Å²) in [5.74, 6) is 0.0997. The van der Waals surface area contributed by atoms with Crippen LogP contribution in [-0.4, -0.2) is 19.0 Å². The summed E-state index contributed by atoms with van der Waals surface area (Å²) in [6, 6.07) is 7.96. The van der Waals surface area contributed by atoms with Crippen molar-refractivity contribution in [2.24, 2.45) is 0 Å². The monoisotopic (exact) mass is 268 g/mol. The molecule has 1 unspecified atom stereocenters. The quantitative estimate of drug-likeness (QED) is 0.798. The Kier molecular flexibility index (Phi) is 6.76.